The van der Waals surface area contributed by atoms with Gasteiger partial charge in [0.05, 0.1) is 11.9 Å². The maximum absolute atomic E-state index is 4.40. The van der Waals surface area contributed by atoms with Crippen LogP contribution in [0.3, 0.4) is 0 Å². The number of hydrogen-bond donors (Lipinski definition) is 1. The number of anilines is 1. The Morgan fingerprint density at radius 1 is 1.10 bits per heavy atom. The number of halogens is 1. The number of rotatable bonds is 4. The van der Waals surface area contributed by atoms with Gasteiger partial charge in [-0.05, 0) is 29.8 Å². The maximum atomic E-state index is 4.40. The van der Waals surface area contributed by atoms with Gasteiger partial charge in [0.1, 0.15) is 12.1 Å². The van der Waals surface area contributed by atoms with E-state index in [0.29, 0.717) is 0 Å². The smallest absolute Gasteiger partial charge is 0.137 e. The number of nitrogens with zero attached hydrogens (tertiary/aromatic N) is 3. The maximum Gasteiger partial charge on any atom is 0.137 e. The number of benzene rings is 1. The first kappa shape index (κ1) is 12.9. The Morgan fingerprint density at radius 3 is 2.60 bits per heavy atom. The highest BCUT2D eigenvalue weighted by atomic mass is 79.9. The van der Waals surface area contributed by atoms with Gasteiger partial charge in [-0.15, -0.1) is 0 Å². The minimum absolute atomic E-state index is 0.777. The van der Waals surface area contributed by atoms with Gasteiger partial charge in [-0.2, -0.15) is 0 Å². The third-order valence-electron chi connectivity index (χ3n) is 2.93. The van der Waals surface area contributed by atoms with Crippen LogP contribution in [0.1, 0.15) is 5.56 Å². The molecule has 0 radical (unpaired) electrons. The Hall–Kier alpha value is -2.14. The average molecular weight is 329 g/mol. The molecular weight excluding hydrogens is 316 g/mol. The van der Waals surface area contributed by atoms with Gasteiger partial charge in [-0.25, -0.2) is 9.97 Å². The Morgan fingerprint density at radius 2 is 1.95 bits per heavy atom. The van der Waals surface area contributed by atoms with E-state index < -0.39 is 0 Å². The fourth-order valence-corrected chi connectivity index (χ4v) is 2.11. The lowest BCUT2D eigenvalue weighted by Crippen LogP contribution is -2.01. The number of aromatic nitrogens is 3. The molecule has 0 fully saturated rings. The van der Waals surface area contributed by atoms with Crippen LogP contribution in [-0.4, -0.2) is 14.5 Å². The van der Waals surface area contributed by atoms with E-state index in [2.05, 4.69) is 43.3 Å². The summed E-state index contributed by atoms with van der Waals surface area (Å²) in [5, 5.41) is 3.35. The van der Waals surface area contributed by atoms with Gasteiger partial charge < -0.3 is 5.32 Å². The van der Waals surface area contributed by atoms with Crippen LogP contribution in [0, 0.1) is 0 Å². The fourth-order valence-electron chi connectivity index (χ4n) is 1.84. The molecule has 0 aliphatic rings. The molecule has 1 aromatic carbocycles. The monoisotopic (exact) mass is 328 g/mol. The van der Waals surface area contributed by atoms with Crippen molar-refractivity contribution >= 4 is 21.6 Å². The molecule has 0 aliphatic heterocycles. The van der Waals surface area contributed by atoms with E-state index in [4.69, 9.17) is 0 Å². The molecule has 100 valence electrons. The van der Waals surface area contributed by atoms with Crippen molar-refractivity contribution in [3.05, 3.63) is 71.4 Å². The van der Waals surface area contributed by atoms with E-state index in [0.717, 1.165) is 22.5 Å². The van der Waals surface area contributed by atoms with Gasteiger partial charge in [0.15, 0.2) is 0 Å². The third-order valence-corrected chi connectivity index (χ3v) is 3.46. The van der Waals surface area contributed by atoms with Crippen molar-refractivity contribution in [1.82, 2.24) is 14.5 Å². The molecule has 0 saturated heterocycles. The van der Waals surface area contributed by atoms with E-state index in [-0.39, 0.29) is 0 Å². The Kier molecular flexibility index (Phi) is 3.78. The molecule has 0 saturated carbocycles. The lowest BCUT2D eigenvalue weighted by molar-refractivity contribution is 0.990. The first-order valence-corrected chi connectivity index (χ1v) is 7.03. The van der Waals surface area contributed by atoms with Crippen LogP contribution in [0.4, 0.5) is 5.69 Å². The minimum atomic E-state index is 0.777. The van der Waals surface area contributed by atoms with E-state index >= 15 is 0 Å². The SMILES string of the molecule is Brc1ccc(CNc2ccc(-n3ccnc3)nc2)cc1. The summed E-state index contributed by atoms with van der Waals surface area (Å²) in [7, 11) is 0. The molecule has 0 amide bonds. The van der Waals surface area contributed by atoms with Gasteiger partial charge in [0, 0.05) is 23.4 Å². The van der Waals surface area contributed by atoms with Crippen molar-refractivity contribution < 1.29 is 0 Å². The summed E-state index contributed by atoms with van der Waals surface area (Å²) >= 11 is 3.43. The van der Waals surface area contributed by atoms with Crippen LogP contribution in [-0.2, 0) is 6.54 Å². The van der Waals surface area contributed by atoms with Crippen LogP contribution in [0.2, 0.25) is 0 Å². The molecule has 1 N–H and O–H groups in total. The molecule has 4 nitrogen and oxygen atoms in total. The Bertz CT molecular complexity index is 660. The zero-order chi connectivity index (χ0) is 13.8. The van der Waals surface area contributed by atoms with Gasteiger partial charge in [-0.1, -0.05) is 28.1 Å². The summed E-state index contributed by atoms with van der Waals surface area (Å²) in [5.41, 5.74) is 2.23. The van der Waals surface area contributed by atoms with Crippen LogP contribution in [0.25, 0.3) is 5.82 Å². The quantitative estimate of drug-likeness (QED) is 0.795. The normalized spacial score (nSPS) is 10.4. The number of pyridine rings is 1. The minimum Gasteiger partial charge on any atom is -0.380 e. The summed E-state index contributed by atoms with van der Waals surface area (Å²) < 4.78 is 2.96. The van der Waals surface area contributed by atoms with Gasteiger partial charge >= 0.3 is 0 Å². The van der Waals surface area contributed by atoms with Crippen LogP contribution in [0.5, 0.6) is 0 Å². The summed E-state index contributed by atoms with van der Waals surface area (Å²) in [5.74, 6) is 0.858. The summed E-state index contributed by atoms with van der Waals surface area (Å²) in [6, 6.07) is 12.2. The average Bonchev–Trinajstić information content (AvgIpc) is 3.01. The lowest BCUT2D eigenvalue weighted by Gasteiger charge is -2.07. The first-order chi connectivity index (χ1) is 9.81. The standard InChI is InChI=1S/C15H13BrN4/c16-13-3-1-12(2-4-13)9-18-14-5-6-15(19-10-14)20-8-7-17-11-20/h1-8,10-11,18H,9H2. The molecule has 0 atom stereocenters. The molecule has 0 spiro atoms. The van der Waals surface area contributed by atoms with Crippen LogP contribution < -0.4 is 5.32 Å². The molecule has 3 aromatic rings. The van der Waals surface area contributed by atoms with Crippen LogP contribution in [0.15, 0.2) is 65.8 Å². The molecule has 2 aromatic heterocycles. The van der Waals surface area contributed by atoms with Gasteiger partial charge in [0.25, 0.3) is 0 Å². The van der Waals surface area contributed by atoms with Gasteiger partial charge in [-0.3, -0.25) is 4.57 Å². The second-order valence-corrected chi connectivity index (χ2v) is 5.27. The number of hydrogen-bond acceptors (Lipinski definition) is 3. The molecular formula is C15H13BrN4. The first-order valence-electron chi connectivity index (χ1n) is 6.24. The summed E-state index contributed by atoms with van der Waals surface area (Å²) in [6.07, 6.45) is 7.17. The van der Waals surface area contributed by atoms with Gasteiger partial charge in [0.2, 0.25) is 0 Å². The highest BCUT2D eigenvalue weighted by molar-refractivity contribution is 9.10. The van der Waals surface area contributed by atoms with Crippen molar-refractivity contribution in [2.45, 2.75) is 6.54 Å². The Labute approximate surface area is 125 Å². The Balaban J connectivity index is 1.65. The predicted octanol–water partition coefficient (Wildman–Crippen LogP) is 3.64. The topological polar surface area (TPSA) is 42.7 Å². The highest BCUT2D eigenvalue weighted by Gasteiger charge is 1.98. The summed E-state index contributed by atoms with van der Waals surface area (Å²) in [6.45, 7) is 0.777. The molecule has 0 bridgehead atoms. The van der Waals surface area contributed by atoms with E-state index in [9.17, 15) is 0 Å². The zero-order valence-corrected chi connectivity index (χ0v) is 12.3. The van der Waals surface area contributed by atoms with Crippen molar-refractivity contribution in [1.29, 1.82) is 0 Å². The second kappa shape index (κ2) is 5.88. The largest absolute Gasteiger partial charge is 0.380 e. The van der Waals surface area contributed by atoms with Crippen molar-refractivity contribution in [3.8, 4) is 5.82 Å². The lowest BCUT2D eigenvalue weighted by atomic mass is 10.2. The zero-order valence-electron chi connectivity index (χ0n) is 10.7. The van der Waals surface area contributed by atoms with E-state index in [1.54, 1.807) is 12.5 Å². The number of nitrogens with one attached hydrogen (secondary N) is 1. The van der Waals surface area contributed by atoms with Crippen LogP contribution >= 0.6 is 15.9 Å². The highest BCUT2D eigenvalue weighted by Crippen LogP contribution is 2.13. The molecule has 5 heteroatoms. The van der Waals surface area contributed by atoms with E-state index in [1.807, 2.05) is 41.2 Å². The molecule has 0 unspecified atom stereocenters. The molecule has 3 rings (SSSR count). The number of imidazole rings is 1. The molecule has 2 heterocycles. The summed E-state index contributed by atoms with van der Waals surface area (Å²) in [4.78, 5) is 8.41. The molecule has 20 heavy (non-hydrogen) atoms. The predicted molar refractivity (Wildman–Crippen MR) is 82.8 cm³/mol. The van der Waals surface area contributed by atoms with E-state index in [1.165, 1.54) is 5.56 Å². The second-order valence-electron chi connectivity index (χ2n) is 4.36. The molecule has 0 aliphatic carbocycles. The fraction of sp³-hybridized carbons (Fsp3) is 0.0667. The van der Waals surface area contributed by atoms with Crippen molar-refractivity contribution in [2.24, 2.45) is 0 Å². The third kappa shape index (κ3) is 3.05. The van der Waals surface area contributed by atoms with Crippen molar-refractivity contribution in [3.63, 3.8) is 0 Å². The van der Waals surface area contributed by atoms with Crippen molar-refractivity contribution in [2.75, 3.05) is 5.32 Å².